The Morgan fingerprint density at radius 3 is 2.79 bits per heavy atom. The Bertz CT molecular complexity index is 753. The number of esters is 2. The molecule has 0 bridgehead atoms. The molecule has 2 atom stereocenters. The maximum absolute atomic E-state index is 12.2. The normalized spacial score (nSPS) is 17.2. The molecule has 2 unspecified atom stereocenters. The van der Waals surface area contributed by atoms with Crippen LogP contribution in [0.25, 0.3) is 0 Å². The maximum Gasteiger partial charge on any atom is 0.339 e. The number of ether oxygens (including phenoxy) is 3. The van der Waals surface area contributed by atoms with E-state index in [-0.39, 0.29) is 18.1 Å². The molecular weight excluding hydrogens is 380 g/mol. The zero-order valence-corrected chi connectivity index (χ0v) is 14.6. The minimum absolute atomic E-state index is 0.0808. The highest BCUT2D eigenvalue weighted by atomic mass is 79.9. The summed E-state index contributed by atoms with van der Waals surface area (Å²) in [4.78, 5) is 24.4. The van der Waals surface area contributed by atoms with Gasteiger partial charge in [-0.1, -0.05) is 15.9 Å². The number of carbonyl (C=O) groups excluding carboxylic acids is 2. The van der Waals surface area contributed by atoms with Crippen LogP contribution in [0.3, 0.4) is 0 Å². The molecule has 0 aliphatic carbocycles. The van der Waals surface area contributed by atoms with E-state index >= 15 is 0 Å². The Kier molecular flexibility index (Phi) is 5.46. The van der Waals surface area contributed by atoms with Gasteiger partial charge in [-0.25, -0.2) is 4.79 Å². The van der Waals surface area contributed by atoms with Crippen molar-refractivity contribution in [3.8, 4) is 11.8 Å². The van der Waals surface area contributed by atoms with Crippen LogP contribution in [0, 0.1) is 17.2 Å². The molecule has 126 valence electrons. The Labute approximate surface area is 147 Å². The van der Waals surface area contributed by atoms with Crippen LogP contribution in [0.2, 0.25) is 0 Å². The molecule has 1 aliphatic rings. The third-order valence-electron chi connectivity index (χ3n) is 3.52. The zero-order valence-electron chi connectivity index (χ0n) is 13.0. The first-order valence-corrected chi connectivity index (χ1v) is 7.85. The van der Waals surface area contributed by atoms with E-state index < -0.39 is 23.8 Å². The summed E-state index contributed by atoms with van der Waals surface area (Å²) in [6.45, 7) is 1.74. The number of carbonyl (C=O) groups is 2. The van der Waals surface area contributed by atoms with Crippen LogP contribution >= 0.6 is 15.9 Å². The van der Waals surface area contributed by atoms with E-state index in [1.165, 1.54) is 7.11 Å². The Morgan fingerprint density at radius 1 is 1.50 bits per heavy atom. The fourth-order valence-electron chi connectivity index (χ4n) is 2.52. The largest absolute Gasteiger partial charge is 0.465 e. The maximum atomic E-state index is 12.2. The lowest BCUT2D eigenvalue weighted by atomic mass is 9.79. The van der Waals surface area contributed by atoms with Gasteiger partial charge in [0.15, 0.2) is 5.92 Å². The minimum atomic E-state index is -1.27. The molecule has 2 rings (SSSR count). The number of rotatable bonds is 4. The van der Waals surface area contributed by atoms with Crippen LogP contribution in [0.1, 0.15) is 18.4 Å². The number of fused-ring (bicyclic) bond motifs is 1. The fraction of sp³-hybridized carbons (Fsp3) is 0.312. The van der Waals surface area contributed by atoms with E-state index in [9.17, 15) is 14.9 Å². The second-order valence-corrected chi connectivity index (χ2v) is 5.81. The van der Waals surface area contributed by atoms with Gasteiger partial charge in [0.2, 0.25) is 5.88 Å². The highest BCUT2D eigenvalue weighted by molar-refractivity contribution is 9.10. The van der Waals surface area contributed by atoms with E-state index in [0.29, 0.717) is 15.8 Å². The molecular formula is C16H15BrN2O5. The fourth-order valence-corrected chi connectivity index (χ4v) is 2.90. The van der Waals surface area contributed by atoms with Gasteiger partial charge < -0.3 is 19.9 Å². The molecule has 1 aliphatic heterocycles. The van der Waals surface area contributed by atoms with Crippen molar-refractivity contribution in [1.29, 1.82) is 5.26 Å². The highest BCUT2D eigenvalue weighted by Gasteiger charge is 2.43. The summed E-state index contributed by atoms with van der Waals surface area (Å²) in [7, 11) is 1.18. The lowest BCUT2D eigenvalue weighted by Gasteiger charge is -2.29. The Balaban J connectivity index is 2.65. The number of hydrogen-bond acceptors (Lipinski definition) is 7. The van der Waals surface area contributed by atoms with Gasteiger partial charge in [-0.3, -0.25) is 4.79 Å². The first-order chi connectivity index (χ1) is 11.4. The van der Waals surface area contributed by atoms with Crippen molar-refractivity contribution in [2.45, 2.75) is 12.8 Å². The van der Waals surface area contributed by atoms with Gasteiger partial charge in [-0.15, -0.1) is 0 Å². The van der Waals surface area contributed by atoms with Crippen molar-refractivity contribution in [2.75, 3.05) is 13.7 Å². The van der Waals surface area contributed by atoms with Crippen molar-refractivity contribution in [3.63, 3.8) is 0 Å². The predicted molar refractivity (Wildman–Crippen MR) is 86.5 cm³/mol. The average Bonchev–Trinajstić information content (AvgIpc) is 2.55. The number of nitrogens with two attached hydrogens (primary N) is 1. The Hall–Kier alpha value is -2.53. The first-order valence-electron chi connectivity index (χ1n) is 7.06. The molecule has 1 aromatic rings. The molecule has 1 heterocycles. The molecule has 0 amide bonds. The van der Waals surface area contributed by atoms with Gasteiger partial charge in [0.1, 0.15) is 11.3 Å². The van der Waals surface area contributed by atoms with E-state index in [2.05, 4.69) is 15.9 Å². The molecule has 0 fully saturated rings. The highest BCUT2D eigenvalue weighted by Crippen LogP contribution is 2.44. The number of nitrogens with zero attached hydrogens (tertiary/aromatic N) is 1. The van der Waals surface area contributed by atoms with Crippen molar-refractivity contribution < 1.29 is 23.8 Å². The van der Waals surface area contributed by atoms with Crippen LogP contribution in [0.5, 0.6) is 5.75 Å². The topological polar surface area (TPSA) is 112 Å². The first kappa shape index (κ1) is 17.8. The molecule has 7 nitrogen and oxygen atoms in total. The number of methoxy groups -OCH3 is 1. The number of hydrogen-bond donors (Lipinski definition) is 1. The summed E-state index contributed by atoms with van der Waals surface area (Å²) in [6.07, 6.45) is 0. The third-order valence-corrected chi connectivity index (χ3v) is 4.01. The molecule has 0 radical (unpaired) electrons. The molecule has 2 N–H and O–H groups in total. The lowest BCUT2D eigenvalue weighted by Crippen LogP contribution is -2.33. The van der Waals surface area contributed by atoms with Gasteiger partial charge in [0, 0.05) is 10.0 Å². The van der Waals surface area contributed by atoms with Crippen molar-refractivity contribution in [3.05, 3.63) is 39.7 Å². The standard InChI is InChI=1S/C16H15BrN2O5/c1-3-23-15(20)10(7-18)12-9-6-8(17)4-5-11(9)24-14(19)13(12)16(21)22-2/h4-6,10,12H,3,19H2,1-2H3. The van der Waals surface area contributed by atoms with E-state index in [0.717, 1.165) is 0 Å². The van der Waals surface area contributed by atoms with Crippen LogP contribution in [0.15, 0.2) is 34.1 Å². The molecule has 0 saturated carbocycles. The van der Waals surface area contributed by atoms with Gasteiger partial charge >= 0.3 is 11.9 Å². The average molecular weight is 395 g/mol. The smallest absolute Gasteiger partial charge is 0.339 e. The summed E-state index contributed by atoms with van der Waals surface area (Å²) in [5.74, 6) is -3.58. The van der Waals surface area contributed by atoms with Crippen molar-refractivity contribution in [1.82, 2.24) is 0 Å². The summed E-state index contributed by atoms with van der Waals surface area (Å²) in [5.41, 5.74) is 6.24. The second-order valence-electron chi connectivity index (χ2n) is 4.89. The van der Waals surface area contributed by atoms with Crippen LogP contribution < -0.4 is 10.5 Å². The predicted octanol–water partition coefficient (Wildman–Crippen LogP) is 1.97. The molecule has 0 spiro atoms. The monoisotopic (exact) mass is 394 g/mol. The molecule has 8 heteroatoms. The van der Waals surface area contributed by atoms with E-state index in [1.54, 1.807) is 25.1 Å². The summed E-state index contributed by atoms with van der Waals surface area (Å²) >= 11 is 3.33. The number of nitriles is 1. The van der Waals surface area contributed by atoms with E-state index in [1.807, 2.05) is 6.07 Å². The SMILES string of the molecule is CCOC(=O)C(C#N)C1C(C(=O)OC)=C(N)Oc2ccc(Br)cc21. The quantitative estimate of drug-likeness (QED) is 0.776. The molecule has 24 heavy (non-hydrogen) atoms. The van der Waals surface area contributed by atoms with Crippen LogP contribution in [-0.4, -0.2) is 25.7 Å². The summed E-state index contributed by atoms with van der Waals surface area (Å²) < 4.78 is 15.9. The van der Waals surface area contributed by atoms with Crippen molar-refractivity contribution >= 4 is 27.9 Å². The zero-order chi connectivity index (χ0) is 17.9. The summed E-state index contributed by atoms with van der Waals surface area (Å²) in [5, 5.41) is 9.51. The number of halogens is 1. The van der Waals surface area contributed by atoms with Crippen molar-refractivity contribution in [2.24, 2.45) is 11.7 Å². The number of benzene rings is 1. The lowest BCUT2D eigenvalue weighted by molar-refractivity contribution is -0.146. The Morgan fingerprint density at radius 2 is 2.21 bits per heavy atom. The van der Waals surface area contributed by atoms with Gasteiger partial charge in [-0.05, 0) is 25.1 Å². The molecule has 0 aromatic heterocycles. The van der Waals surface area contributed by atoms with Gasteiger partial charge in [-0.2, -0.15) is 5.26 Å². The van der Waals surface area contributed by atoms with Gasteiger partial charge in [0.25, 0.3) is 0 Å². The second kappa shape index (κ2) is 7.36. The molecule has 1 aromatic carbocycles. The molecule has 0 saturated heterocycles. The van der Waals surface area contributed by atoms with Crippen LogP contribution in [0.4, 0.5) is 0 Å². The minimum Gasteiger partial charge on any atom is -0.465 e. The summed E-state index contributed by atoms with van der Waals surface area (Å²) in [6, 6.07) is 6.92. The van der Waals surface area contributed by atoms with Gasteiger partial charge in [0.05, 0.1) is 25.7 Å². The van der Waals surface area contributed by atoms with Crippen LogP contribution in [-0.2, 0) is 19.1 Å². The van der Waals surface area contributed by atoms with E-state index in [4.69, 9.17) is 19.9 Å². The third kappa shape index (κ3) is 3.21.